The van der Waals surface area contributed by atoms with E-state index in [1.807, 2.05) is 4.90 Å². The van der Waals surface area contributed by atoms with E-state index in [4.69, 9.17) is 0 Å². The molecular weight excluding hydrogens is 333 g/mol. The predicted molar refractivity (Wildman–Crippen MR) is 86.8 cm³/mol. The molecule has 0 spiro atoms. The minimum Gasteiger partial charge on any atom is -0.336 e. The molecule has 1 aliphatic rings. The number of hydrogen-bond donors (Lipinski definition) is 0. The molecular formula is C17H23BrFNO. The number of amides is 1. The van der Waals surface area contributed by atoms with Gasteiger partial charge < -0.3 is 4.90 Å². The highest BCUT2D eigenvalue weighted by atomic mass is 79.9. The van der Waals surface area contributed by atoms with E-state index < -0.39 is 0 Å². The normalized spacial score (nSPS) is 15.7. The van der Waals surface area contributed by atoms with Crippen LogP contribution in [0.15, 0.2) is 22.7 Å². The SMILES string of the molecule is CC(C)CCN(C(=O)c1cc(F)ccc1Br)C1CCCC1. The van der Waals surface area contributed by atoms with Crippen LogP contribution in [0.4, 0.5) is 4.39 Å². The van der Waals surface area contributed by atoms with Gasteiger partial charge in [-0.2, -0.15) is 0 Å². The molecule has 0 bridgehead atoms. The zero-order valence-electron chi connectivity index (χ0n) is 12.7. The van der Waals surface area contributed by atoms with Crippen LogP contribution in [0.3, 0.4) is 0 Å². The molecule has 21 heavy (non-hydrogen) atoms. The zero-order valence-corrected chi connectivity index (χ0v) is 14.3. The third-order valence-electron chi connectivity index (χ3n) is 4.13. The molecule has 0 radical (unpaired) electrons. The Balaban J connectivity index is 2.21. The maximum absolute atomic E-state index is 13.5. The van der Waals surface area contributed by atoms with Crippen LogP contribution < -0.4 is 0 Å². The Bertz CT molecular complexity index is 498. The summed E-state index contributed by atoms with van der Waals surface area (Å²) in [6, 6.07) is 4.63. The van der Waals surface area contributed by atoms with Gasteiger partial charge in [-0.05, 0) is 59.3 Å². The van der Waals surface area contributed by atoms with Gasteiger partial charge in [0.2, 0.25) is 0 Å². The highest BCUT2D eigenvalue weighted by molar-refractivity contribution is 9.10. The number of nitrogens with zero attached hydrogens (tertiary/aromatic N) is 1. The summed E-state index contributed by atoms with van der Waals surface area (Å²) in [5, 5.41) is 0. The van der Waals surface area contributed by atoms with Crippen molar-refractivity contribution >= 4 is 21.8 Å². The Kier molecular flexibility index (Phi) is 5.80. The van der Waals surface area contributed by atoms with Crippen LogP contribution in [0.5, 0.6) is 0 Å². The second kappa shape index (κ2) is 7.39. The molecule has 2 nitrogen and oxygen atoms in total. The average molecular weight is 356 g/mol. The second-order valence-corrected chi connectivity index (χ2v) is 7.10. The molecule has 1 amide bonds. The van der Waals surface area contributed by atoms with Gasteiger partial charge in [0.25, 0.3) is 5.91 Å². The summed E-state index contributed by atoms with van der Waals surface area (Å²) in [6.07, 6.45) is 5.48. The Hall–Kier alpha value is -0.900. The number of benzene rings is 1. The molecule has 0 heterocycles. The lowest BCUT2D eigenvalue weighted by atomic mass is 10.1. The van der Waals surface area contributed by atoms with Gasteiger partial charge in [0.05, 0.1) is 5.56 Å². The standard InChI is InChI=1S/C17H23BrFNO/c1-12(2)9-10-20(14-5-3-4-6-14)17(21)15-11-13(19)7-8-16(15)18/h7-8,11-12,14H,3-6,9-10H2,1-2H3. The zero-order chi connectivity index (χ0) is 15.4. The van der Waals surface area contributed by atoms with Crippen molar-refractivity contribution in [1.29, 1.82) is 0 Å². The Morgan fingerprint density at radius 1 is 1.38 bits per heavy atom. The largest absolute Gasteiger partial charge is 0.336 e. The van der Waals surface area contributed by atoms with Crippen molar-refractivity contribution in [1.82, 2.24) is 4.90 Å². The van der Waals surface area contributed by atoms with Crippen molar-refractivity contribution in [2.75, 3.05) is 6.54 Å². The first-order valence-corrected chi connectivity index (χ1v) is 8.54. The molecule has 4 heteroatoms. The van der Waals surface area contributed by atoms with Crippen molar-refractivity contribution < 1.29 is 9.18 Å². The molecule has 0 N–H and O–H groups in total. The first-order valence-electron chi connectivity index (χ1n) is 7.75. The lowest BCUT2D eigenvalue weighted by Crippen LogP contribution is -2.40. The molecule has 0 unspecified atom stereocenters. The van der Waals surface area contributed by atoms with Gasteiger partial charge in [-0.15, -0.1) is 0 Å². The van der Waals surface area contributed by atoms with Crippen molar-refractivity contribution in [2.24, 2.45) is 5.92 Å². The van der Waals surface area contributed by atoms with E-state index in [0.29, 0.717) is 22.0 Å². The van der Waals surface area contributed by atoms with E-state index in [-0.39, 0.29) is 11.7 Å². The van der Waals surface area contributed by atoms with E-state index in [9.17, 15) is 9.18 Å². The fourth-order valence-electron chi connectivity index (χ4n) is 2.88. The van der Waals surface area contributed by atoms with Crippen LogP contribution in [-0.2, 0) is 0 Å². The molecule has 1 aliphatic carbocycles. The summed E-state index contributed by atoms with van der Waals surface area (Å²) in [5.41, 5.74) is 0.436. The van der Waals surface area contributed by atoms with Crippen LogP contribution in [0.25, 0.3) is 0 Å². The molecule has 1 fully saturated rings. The molecule has 2 rings (SSSR count). The van der Waals surface area contributed by atoms with Crippen LogP contribution >= 0.6 is 15.9 Å². The van der Waals surface area contributed by atoms with Gasteiger partial charge in [0, 0.05) is 17.1 Å². The summed E-state index contributed by atoms with van der Waals surface area (Å²) in [4.78, 5) is 14.8. The van der Waals surface area contributed by atoms with Gasteiger partial charge in [-0.25, -0.2) is 4.39 Å². The minimum atomic E-state index is -0.364. The number of carbonyl (C=O) groups excluding carboxylic acids is 1. The number of halogens is 2. The van der Waals surface area contributed by atoms with E-state index in [0.717, 1.165) is 25.8 Å². The maximum atomic E-state index is 13.5. The van der Waals surface area contributed by atoms with Gasteiger partial charge >= 0.3 is 0 Å². The Labute approximate surface area is 134 Å². The molecule has 1 aromatic rings. The molecule has 0 atom stereocenters. The van der Waals surface area contributed by atoms with Crippen molar-refractivity contribution in [3.63, 3.8) is 0 Å². The van der Waals surface area contributed by atoms with Crippen LogP contribution in [0.1, 0.15) is 56.3 Å². The lowest BCUT2D eigenvalue weighted by molar-refractivity contribution is 0.0670. The van der Waals surface area contributed by atoms with Gasteiger partial charge in [0.15, 0.2) is 0 Å². The summed E-state index contributed by atoms with van der Waals surface area (Å²) in [5.74, 6) is 0.142. The molecule has 1 saturated carbocycles. The van der Waals surface area contributed by atoms with Crippen LogP contribution in [-0.4, -0.2) is 23.4 Å². The van der Waals surface area contributed by atoms with Gasteiger partial charge in [-0.3, -0.25) is 4.79 Å². The van der Waals surface area contributed by atoms with E-state index >= 15 is 0 Å². The summed E-state index contributed by atoms with van der Waals surface area (Å²) < 4.78 is 14.1. The number of hydrogen-bond acceptors (Lipinski definition) is 1. The number of rotatable bonds is 5. The predicted octanol–water partition coefficient (Wildman–Crippen LogP) is 5.02. The van der Waals surface area contributed by atoms with E-state index in [2.05, 4.69) is 29.8 Å². The van der Waals surface area contributed by atoms with Crippen molar-refractivity contribution in [3.05, 3.63) is 34.1 Å². The average Bonchev–Trinajstić information content (AvgIpc) is 2.95. The Morgan fingerprint density at radius 3 is 2.67 bits per heavy atom. The number of carbonyl (C=O) groups is 1. The van der Waals surface area contributed by atoms with Crippen molar-refractivity contribution in [3.8, 4) is 0 Å². The third-order valence-corrected chi connectivity index (χ3v) is 4.82. The second-order valence-electron chi connectivity index (χ2n) is 6.24. The molecule has 0 aliphatic heterocycles. The quantitative estimate of drug-likeness (QED) is 0.726. The van der Waals surface area contributed by atoms with E-state index in [1.54, 1.807) is 6.07 Å². The minimum absolute atomic E-state index is 0.0473. The Morgan fingerprint density at radius 2 is 2.05 bits per heavy atom. The summed E-state index contributed by atoms with van der Waals surface area (Å²) in [6.45, 7) is 5.08. The molecule has 0 aromatic heterocycles. The topological polar surface area (TPSA) is 20.3 Å². The lowest BCUT2D eigenvalue weighted by Gasteiger charge is -2.30. The smallest absolute Gasteiger partial charge is 0.255 e. The highest BCUT2D eigenvalue weighted by Crippen LogP contribution is 2.28. The van der Waals surface area contributed by atoms with Gasteiger partial charge in [-0.1, -0.05) is 26.7 Å². The van der Waals surface area contributed by atoms with Crippen molar-refractivity contribution in [2.45, 2.75) is 52.0 Å². The van der Waals surface area contributed by atoms with E-state index in [1.165, 1.54) is 25.0 Å². The highest BCUT2D eigenvalue weighted by Gasteiger charge is 2.28. The van der Waals surface area contributed by atoms with Crippen LogP contribution in [0.2, 0.25) is 0 Å². The monoisotopic (exact) mass is 355 g/mol. The molecule has 116 valence electrons. The fraction of sp³-hybridized carbons (Fsp3) is 0.588. The third kappa shape index (κ3) is 4.29. The van der Waals surface area contributed by atoms with Gasteiger partial charge in [0.1, 0.15) is 5.82 Å². The summed E-state index contributed by atoms with van der Waals surface area (Å²) >= 11 is 3.37. The maximum Gasteiger partial charge on any atom is 0.255 e. The first-order chi connectivity index (χ1) is 9.99. The first kappa shape index (κ1) is 16.5. The molecule has 1 aromatic carbocycles. The fourth-order valence-corrected chi connectivity index (χ4v) is 3.30. The summed E-state index contributed by atoms with van der Waals surface area (Å²) in [7, 11) is 0. The van der Waals surface area contributed by atoms with Crippen LogP contribution in [0, 0.1) is 11.7 Å². The molecule has 0 saturated heterocycles.